The third kappa shape index (κ3) is 9.13. The van der Waals surface area contributed by atoms with Crippen molar-refractivity contribution >= 4 is 27.1 Å². The highest BCUT2D eigenvalue weighted by Crippen LogP contribution is 2.45. The molecule has 2 saturated heterocycles. The Morgan fingerprint density at radius 1 is 0.787 bits per heavy atom. The molecule has 16 heteroatoms. The van der Waals surface area contributed by atoms with E-state index < -0.39 is 27.2 Å². The van der Waals surface area contributed by atoms with Crippen molar-refractivity contribution in [3.05, 3.63) is 107 Å². The van der Waals surface area contributed by atoms with Crippen LogP contribution in [-0.4, -0.2) is 113 Å². The van der Waals surface area contributed by atoms with Crippen LogP contribution in [0.1, 0.15) is 41.8 Å². The molecular formula is C45H53FN4O10S. The van der Waals surface area contributed by atoms with Gasteiger partial charge in [-0.25, -0.2) is 9.37 Å². The van der Waals surface area contributed by atoms with Crippen LogP contribution in [-0.2, 0) is 44.2 Å². The molecule has 2 aliphatic heterocycles. The number of nitrogens with zero attached hydrogens (tertiary/aromatic N) is 4. The Bertz CT molecular complexity index is 2450. The van der Waals surface area contributed by atoms with E-state index in [1.807, 2.05) is 34.9 Å². The molecule has 3 heterocycles. The Morgan fingerprint density at radius 2 is 1.41 bits per heavy atom. The standard InChI is InChI=1S/C45H53FN4O10S/c1-55-36-16-13-31(23-37(36)56-2)26-44(40(60-61(6,53)54)29-49(43(44)51)27-32-24-38(57-3)41(59-5)39(25-32)58-4)17-20-48-21-18-45(52,19-22-48)42-47-34-9-7-8-10-35(34)50(42)28-30-11-14-33(46)15-12-30/h7-16,23-25,40,52H,17-22,26-29H2,1-6H3. The minimum absolute atomic E-state index is 0.000121. The van der Waals surface area contributed by atoms with Crippen LogP contribution < -0.4 is 23.7 Å². The fourth-order valence-electron chi connectivity index (χ4n) is 8.82. The lowest BCUT2D eigenvalue weighted by Gasteiger charge is -2.40. The van der Waals surface area contributed by atoms with Gasteiger partial charge in [-0.15, -0.1) is 0 Å². The maximum absolute atomic E-state index is 15.1. The smallest absolute Gasteiger partial charge is 0.264 e. The van der Waals surface area contributed by atoms with Crippen molar-refractivity contribution in [1.29, 1.82) is 0 Å². The highest BCUT2D eigenvalue weighted by molar-refractivity contribution is 7.86. The normalized spacial score (nSPS) is 19.3. The highest BCUT2D eigenvalue weighted by atomic mass is 32.2. The van der Waals surface area contributed by atoms with Gasteiger partial charge >= 0.3 is 0 Å². The number of piperidine rings is 1. The molecule has 7 rings (SSSR count). The molecule has 1 aromatic heterocycles. The minimum Gasteiger partial charge on any atom is -0.493 e. The first-order valence-electron chi connectivity index (χ1n) is 20.1. The van der Waals surface area contributed by atoms with Gasteiger partial charge in [-0.1, -0.05) is 30.3 Å². The number of fused-ring (bicyclic) bond motifs is 1. The molecule has 0 radical (unpaired) electrons. The lowest BCUT2D eigenvalue weighted by molar-refractivity contribution is -0.139. The maximum atomic E-state index is 15.1. The molecule has 1 N–H and O–H groups in total. The number of halogens is 1. The Kier molecular flexibility index (Phi) is 12.8. The predicted octanol–water partition coefficient (Wildman–Crippen LogP) is 5.56. The summed E-state index contributed by atoms with van der Waals surface area (Å²) in [6, 6.07) is 22.9. The quantitative estimate of drug-likeness (QED) is 0.117. The summed E-state index contributed by atoms with van der Waals surface area (Å²) in [7, 11) is 3.57. The van der Waals surface area contributed by atoms with Gasteiger partial charge < -0.3 is 43.2 Å². The van der Waals surface area contributed by atoms with Crippen LogP contribution in [0.4, 0.5) is 4.39 Å². The van der Waals surface area contributed by atoms with Gasteiger partial charge in [0.05, 0.1) is 58.3 Å². The van der Waals surface area contributed by atoms with Gasteiger partial charge in [-0.05, 0) is 97.4 Å². The third-order valence-corrected chi connectivity index (χ3v) is 12.5. The van der Waals surface area contributed by atoms with E-state index in [1.165, 1.54) is 47.7 Å². The molecule has 2 atom stereocenters. The molecule has 2 aliphatic rings. The third-order valence-electron chi connectivity index (χ3n) is 12.0. The van der Waals surface area contributed by atoms with Crippen molar-refractivity contribution in [2.75, 3.05) is 68.0 Å². The number of rotatable bonds is 17. The van der Waals surface area contributed by atoms with Crippen molar-refractivity contribution < 1.29 is 50.6 Å². The number of hydrogen-bond acceptors (Lipinski definition) is 12. The Morgan fingerprint density at radius 3 is 2.03 bits per heavy atom. The fraction of sp³-hybridized carbons (Fsp3) is 0.422. The second kappa shape index (κ2) is 17.9. The molecule has 2 fully saturated rings. The second-order valence-corrected chi connectivity index (χ2v) is 17.4. The predicted molar refractivity (Wildman–Crippen MR) is 226 cm³/mol. The molecule has 5 aromatic rings. The summed E-state index contributed by atoms with van der Waals surface area (Å²) in [6.45, 7) is 1.87. The fourth-order valence-corrected chi connectivity index (χ4v) is 9.49. The summed E-state index contributed by atoms with van der Waals surface area (Å²) in [5, 5.41) is 12.3. The van der Waals surface area contributed by atoms with Crippen molar-refractivity contribution in [3.8, 4) is 28.7 Å². The van der Waals surface area contributed by atoms with Crippen LogP contribution in [0.3, 0.4) is 0 Å². The highest BCUT2D eigenvalue weighted by Gasteiger charge is 2.56. The minimum atomic E-state index is -4.03. The van der Waals surface area contributed by atoms with Crippen LogP contribution >= 0.6 is 0 Å². The first-order chi connectivity index (χ1) is 29.2. The van der Waals surface area contributed by atoms with E-state index in [-0.39, 0.29) is 37.7 Å². The second-order valence-electron chi connectivity index (χ2n) is 15.8. The molecule has 326 valence electrons. The van der Waals surface area contributed by atoms with Crippen molar-refractivity contribution in [3.63, 3.8) is 0 Å². The van der Waals surface area contributed by atoms with Crippen molar-refractivity contribution in [1.82, 2.24) is 19.4 Å². The number of carbonyl (C=O) groups excluding carboxylic acids is 1. The van der Waals surface area contributed by atoms with E-state index in [0.29, 0.717) is 79.2 Å². The van der Waals surface area contributed by atoms with Gasteiger partial charge in [-0.2, -0.15) is 8.42 Å². The number of likely N-dealkylation sites (tertiary alicyclic amines) is 2. The van der Waals surface area contributed by atoms with E-state index >= 15 is 4.79 Å². The van der Waals surface area contributed by atoms with Crippen LogP contribution in [0.2, 0.25) is 0 Å². The number of benzene rings is 4. The summed E-state index contributed by atoms with van der Waals surface area (Å²) in [5.41, 5.74) is 1.30. The van der Waals surface area contributed by atoms with Gasteiger partial charge in [-0.3, -0.25) is 8.98 Å². The zero-order valence-corrected chi connectivity index (χ0v) is 36.2. The monoisotopic (exact) mass is 860 g/mol. The number of aliphatic hydroxyl groups is 1. The number of amides is 1. The average molecular weight is 861 g/mol. The van der Waals surface area contributed by atoms with Crippen LogP contribution in [0.5, 0.6) is 28.7 Å². The first kappa shape index (κ1) is 43.7. The van der Waals surface area contributed by atoms with Crippen LogP contribution in [0, 0.1) is 11.2 Å². The van der Waals surface area contributed by atoms with Gasteiger partial charge in [0.2, 0.25) is 11.7 Å². The van der Waals surface area contributed by atoms with Gasteiger partial charge in [0.25, 0.3) is 10.1 Å². The lowest BCUT2D eigenvalue weighted by atomic mass is 9.75. The molecule has 0 saturated carbocycles. The van der Waals surface area contributed by atoms with Gasteiger partial charge in [0.15, 0.2) is 23.0 Å². The lowest BCUT2D eigenvalue weighted by Crippen LogP contribution is -2.48. The van der Waals surface area contributed by atoms with Gasteiger partial charge in [0.1, 0.15) is 23.3 Å². The number of para-hydroxylation sites is 2. The molecule has 0 spiro atoms. The Balaban J connectivity index is 1.19. The first-order valence-corrected chi connectivity index (χ1v) is 21.9. The average Bonchev–Trinajstić information content (AvgIpc) is 3.74. The van der Waals surface area contributed by atoms with Crippen molar-refractivity contribution in [2.24, 2.45) is 5.41 Å². The number of imidazole rings is 1. The molecule has 2 unspecified atom stereocenters. The summed E-state index contributed by atoms with van der Waals surface area (Å²) in [5.74, 6) is 2.16. The summed E-state index contributed by atoms with van der Waals surface area (Å²) in [6.07, 6.45) is 1.05. The molecule has 14 nitrogen and oxygen atoms in total. The largest absolute Gasteiger partial charge is 0.493 e. The summed E-state index contributed by atoms with van der Waals surface area (Å²) in [4.78, 5) is 23.8. The van der Waals surface area contributed by atoms with Crippen molar-refractivity contribution in [2.45, 2.75) is 50.5 Å². The summed E-state index contributed by atoms with van der Waals surface area (Å²) < 4.78 is 75.4. The van der Waals surface area contributed by atoms with E-state index in [4.69, 9.17) is 32.9 Å². The van der Waals surface area contributed by atoms with Crippen LogP contribution in [0.15, 0.2) is 78.9 Å². The van der Waals surface area contributed by atoms with Crippen LogP contribution in [0.25, 0.3) is 11.0 Å². The number of aromatic nitrogens is 2. The molecular weight excluding hydrogens is 808 g/mol. The molecule has 1 amide bonds. The van der Waals surface area contributed by atoms with E-state index in [1.54, 1.807) is 41.3 Å². The SMILES string of the molecule is COc1ccc(CC2(CCN3CCC(O)(c4nc5ccccc5n4Cc4ccc(F)cc4)CC3)C(=O)N(Cc3cc(OC)c(OC)c(OC)c3)CC2OS(C)(=O)=O)cc1OC. The Hall–Kier alpha value is -5.42. The zero-order chi connectivity index (χ0) is 43.5. The maximum Gasteiger partial charge on any atom is 0.264 e. The van der Waals surface area contributed by atoms with Gasteiger partial charge in [0, 0.05) is 32.7 Å². The number of carbonyl (C=O) groups is 1. The van der Waals surface area contributed by atoms with E-state index in [2.05, 4.69) is 4.90 Å². The molecule has 4 aromatic carbocycles. The zero-order valence-electron chi connectivity index (χ0n) is 35.4. The molecule has 0 bridgehead atoms. The topological polar surface area (TPSA) is 151 Å². The summed E-state index contributed by atoms with van der Waals surface area (Å²) >= 11 is 0. The number of hydrogen-bond donors (Lipinski definition) is 1. The van der Waals surface area contributed by atoms with E-state index in [0.717, 1.165) is 28.4 Å². The molecule has 0 aliphatic carbocycles. The van der Waals surface area contributed by atoms with E-state index in [9.17, 15) is 17.9 Å². The Labute approximate surface area is 355 Å². The molecule has 61 heavy (non-hydrogen) atoms. The number of methoxy groups -OCH3 is 5. The number of ether oxygens (including phenoxy) is 5.